The van der Waals surface area contributed by atoms with E-state index in [-0.39, 0.29) is 0 Å². The number of nitrogens with zero attached hydrogens (tertiary/aromatic N) is 1. The minimum Gasteiger partial charge on any atom is -0.478 e. The fourth-order valence-corrected chi connectivity index (χ4v) is 3.77. The van der Waals surface area contributed by atoms with E-state index in [2.05, 4.69) is 13.0 Å². The fourth-order valence-electron chi connectivity index (χ4n) is 2.83. The van der Waals surface area contributed by atoms with Crippen LogP contribution in [0.25, 0.3) is 22.2 Å². The van der Waals surface area contributed by atoms with Gasteiger partial charge in [-0.2, -0.15) is 0 Å². The largest absolute Gasteiger partial charge is 0.478 e. The molecule has 0 aliphatic carbocycles. The maximum atomic E-state index is 11.7. The van der Waals surface area contributed by atoms with Crippen molar-refractivity contribution in [1.29, 1.82) is 0 Å². The molecule has 0 fully saturated rings. The van der Waals surface area contributed by atoms with Gasteiger partial charge in [-0.25, -0.2) is 9.78 Å². The van der Waals surface area contributed by atoms with Gasteiger partial charge in [-0.3, -0.25) is 0 Å². The van der Waals surface area contributed by atoms with Crippen LogP contribution < -0.4 is 0 Å². The number of pyridine rings is 1. The van der Waals surface area contributed by atoms with E-state index in [1.807, 2.05) is 32.9 Å². The third kappa shape index (κ3) is 2.29. The number of hydrogen-bond donors (Lipinski definition) is 1. The van der Waals surface area contributed by atoms with E-state index in [0.717, 1.165) is 38.2 Å². The number of carbonyl (C=O) groups is 1. The summed E-state index contributed by atoms with van der Waals surface area (Å²) in [5, 5.41) is 10.4. The summed E-state index contributed by atoms with van der Waals surface area (Å²) in [5.41, 5.74) is 4.79. The Morgan fingerprint density at radius 2 is 1.77 bits per heavy atom. The molecule has 0 aliphatic heterocycles. The second-order valence-corrected chi connectivity index (χ2v) is 7.07. The van der Waals surface area contributed by atoms with Crippen molar-refractivity contribution in [2.24, 2.45) is 0 Å². The Kier molecular flexibility index (Phi) is 3.49. The quantitative estimate of drug-likeness (QED) is 0.732. The lowest BCUT2D eigenvalue weighted by atomic mass is 9.98. The van der Waals surface area contributed by atoms with Crippen molar-refractivity contribution in [3.05, 3.63) is 50.7 Å². The average Bonchev–Trinajstić information content (AvgIpc) is 2.80. The van der Waals surface area contributed by atoms with Gasteiger partial charge in [0.1, 0.15) is 0 Å². The normalized spacial score (nSPS) is 11.1. The van der Waals surface area contributed by atoms with Crippen LogP contribution in [0.4, 0.5) is 0 Å². The van der Waals surface area contributed by atoms with Crippen molar-refractivity contribution in [2.75, 3.05) is 0 Å². The third-order valence-electron chi connectivity index (χ3n) is 3.92. The molecule has 1 N–H and O–H groups in total. The smallest absolute Gasteiger partial charge is 0.336 e. The van der Waals surface area contributed by atoms with Gasteiger partial charge in [0, 0.05) is 20.7 Å². The molecule has 3 rings (SSSR count). The van der Waals surface area contributed by atoms with Gasteiger partial charge in [0.25, 0.3) is 0 Å². The minimum atomic E-state index is -0.910. The van der Waals surface area contributed by atoms with Gasteiger partial charge in [0.05, 0.1) is 16.8 Å². The SMILES string of the molecule is Cc1cc(-c2cc(C(=O)O)c3c(C)ccc(C)c3n2)c(C)s1. The Morgan fingerprint density at radius 1 is 1.09 bits per heavy atom. The number of hydrogen-bond acceptors (Lipinski definition) is 3. The monoisotopic (exact) mass is 311 g/mol. The van der Waals surface area contributed by atoms with Crippen LogP contribution in [0.15, 0.2) is 24.3 Å². The molecule has 0 bridgehead atoms. The molecule has 2 aromatic heterocycles. The summed E-state index contributed by atoms with van der Waals surface area (Å²) >= 11 is 1.70. The number of aromatic carboxylic acids is 1. The molecule has 1 aromatic carbocycles. The van der Waals surface area contributed by atoms with E-state index in [0.29, 0.717) is 5.56 Å². The summed E-state index contributed by atoms with van der Waals surface area (Å²) in [6.07, 6.45) is 0. The molecule has 0 spiro atoms. The lowest BCUT2D eigenvalue weighted by molar-refractivity contribution is 0.0699. The predicted octanol–water partition coefficient (Wildman–Crippen LogP) is 4.90. The van der Waals surface area contributed by atoms with Crippen LogP contribution in [0.5, 0.6) is 0 Å². The second kappa shape index (κ2) is 5.21. The molecule has 0 radical (unpaired) electrons. The van der Waals surface area contributed by atoms with Crippen molar-refractivity contribution in [3.8, 4) is 11.3 Å². The topological polar surface area (TPSA) is 50.2 Å². The molecular weight excluding hydrogens is 294 g/mol. The minimum absolute atomic E-state index is 0.324. The van der Waals surface area contributed by atoms with Crippen LogP contribution in [0, 0.1) is 27.7 Å². The van der Waals surface area contributed by atoms with E-state index in [9.17, 15) is 9.90 Å². The zero-order chi connectivity index (χ0) is 16.0. The van der Waals surface area contributed by atoms with Crippen molar-refractivity contribution in [1.82, 2.24) is 4.98 Å². The van der Waals surface area contributed by atoms with Gasteiger partial charge in [0.15, 0.2) is 0 Å². The molecule has 0 atom stereocenters. The van der Waals surface area contributed by atoms with Gasteiger partial charge >= 0.3 is 5.97 Å². The van der Waals surface area contributed by atoms with Crippen molar-refractivity contribution >= 4 is 28.2 Å². The van der Waals surface area contributed by atoms with Crippen LogP contribution in [0.3, 0.4) is 0 Å². The standard InChI is InChI=1S/C18H17NO2S/c1-9-5-6-10(2)17-16(9)14(18(20)21)8-15(19-17)13-7-11(3)22-12(13)4/h5-8H,1-4H3,(H,20,21). The Bertz CT molecular complexity index is 909. The number of thiophene rings is 1. The Morgan fingerprint density at radius 3 is 2.36 bits per heavy atom. The average molecular weight is 311 g/mol. The maximum Gasteiger partial charge on any atom is 0.336 e. The van der Waals surface area contributed by atoms with Gasteiger partial charge in [-0.15, -0.1) is 11.3 Å². The molecule has 0 unspecified atom stereocenters. The summed E-state index contributed by atoms with van der Waals surface area (Å²) in [6, 6.07) is 7.72. The van der Waals surface area contributed by atoms with Crippen molar-refractivity contribution in [3.63, 3.8) is 0 Å². The third-order valence-corrected chi connectivity index (χ3v) is 4.88. The first-order valence-electron chi connectivity index (χ1n) is 7.10. The van der Waals surface area contributed by atoms with Gasteiger partial charge < -0.3 is 5.11 Å². The molecule has 3 nitrogen and oxygen atoms in total. The molecule has 2 heterocycles. The highest BCUT2D eigenvalue weighted by atomic mass is 32.1. The lowest BCUT2D eigenvalue weighted by Gasteiger charge is -2.11. The Labute approximate surface area is 133 Å². The second-order valence-electron chi connectivity index (χ2n) is 5.61. The lowest BCUT2D eigenvalue weighted by Crippen LogP contribution is -2.02. The van der Waals surface area contributed by atoms with Crippen LogP contribution in [0.2, 0.25) is 0 Å². The number of fused-ring (bicyclic) bond motifs is 1. The van der Waals surface area contributed by atoms with Gasteiger partial charge in [-0.1, -0.05) is 12.1 Å². The van der Waals surface area contributed by atoms with Crippen molar-refractivity contribution in [2.45, 2.75) is 27.7 Å². The first-order valence-corrected chi connectivity index (χ1v) is 7.92. The van der Waals surface area contributed by atoms with E-state index >= 15 is 0 Å². The molecule has 0 saturated carbocycles. The van der Waals surface area contributed by atoms with Crippen LogP contribution in [-0.2, 0) is 0 Å². The number of aryl methyl sites for hydroxylation is 4. The fraction of sp³-hybridized carbons (Fsp3) is 0.222. The molecule has 0 saturated heterocycles. The molecule has 3 aromatic rings. The van der Waals surface area contributed by atoms with Crippen molar-refractivity contribution < 1.29 is 9.90 Å². The van der Waals surface area contributed by atoms with Crippen LogP contribution in [0.1, 0.15) is 31.2 Å². The van der Waals surface area contributed by atoms with Gasteiger partial charge in [0.2, 0.25) is 0 Å². The zero-order valence-electron chi connectivity index (χ0n) is 13.0. The maximum absolute atomic E-state index is 11.7. The predicted molar refractivity (Wildman–Crippen MR) is 91.0 cm³/mol. The van der Waals surface area contributed by atoms with Crippen LogP contribution >= 0.6 is 11.3 Å². The number of aromatic nitrogens is 1. The molecule has 0 aliphatic rings. The summed E-state index contributed by atoms with van der Waals surface area (Å²) in [5.74, 6) is -0.910. The van der Waals surface area contributed by atoms with E-state index in [1.165, 1.54) is 4.88 Å². The highest BCUT2D eigenvalue weighted by Crippen LogP contribution is 2.33. The van der Waals surface area contributed by atoms with E-state index < -0.39 is 5.97 Å². The number of carboxylic acids is 1. The van der Waals surface area contributed by atoms with E-state index in [1.54, 1.807) is 17.4 Å². The van der Waals surface area contributed by atoms with Gasteiger partial charge in [-0.05, 0) is 51.0 Å². The molecule has 4 heteroatoms. The molecule has 22 heavy (non-hydrogen) atoms. The highest BCUT2D eigenvalue weighted by molar-refractivity contribution is 7.12. The first-order chi connectivity index (χ1) is 10.4. The van der Waals surface area contributed by atoms with Crippen LogP contribution in [-0.4, -0.2) is 16.1 Å². The number of benzene rings is 1. The zero-order valence-corrected chi connectivity index (χ0v) is 13.8. The Balaban J connectivity index is 2.42. The number of carboxylic acid groups (broad SMARTS) is 1. The Hall–Kier alpha value is -2.20. The molecular formula is C18H17NO2S. The molecule has 112 valence electrons. The first kappa shape index (κ1) is 14.7. The number of rotatable bonds is 2. The summed E-state index contributed by atoms with van der Waals surface area (Å²) < 4.78 is 0. The summed E-state index contributed by atoms with van der Waals surface area (Å²) in [7, 11) is 0. The highest BCUT2D eigenvalue weighted by Gasteiger charge is 2.17. The molecule has 0 amide bonds. The summed E-state index contributed by atoms with van der Waals surface area (Å²) in [4.78, 5) is 18.9. The van der Waals surface area contributed by atoms with E-state index in [4.69, 9.17) is 4.98 Å². The summed E-state index contributed by atoms with van der Waals surface area (Å²) in [6.45, 7) is 7.99.